The van der Waals surface area contributed by atoms with Crippen molar-refractivity contribution in [2.24, 2.45) is 0 Å². The Morgan fingerprint density at radius 2 is 2.12 bits per heavy atom. The highest BCUT2D eigenvalue weighted by Gasteiger charge is 2.26. The van der Waals surface area contributed by atoms with Crippen LogP contribution in [0.2, 0.25) is 0 Å². The zero-order valence-corrected chi connectivity index (χ0v) is 14.1. The van der Waals surface area contributed by atoms with Crippen LogP contribution < -0.4 is 9.64 Å². The maximum absolute atomic E-state index is 13.4. The van der Waals surface area contributed by atoms with E-state index in [9.17, 15) is 14.3 Å². The third kappa shape index (κ3) is 3.33. The summed E-state index contributed by atoms with van der Waals surface area (Å²) in [4.78, 5) is 13.8. The molecule has 1 aliphatic heterocycles. The molecule has 6 heteroatoms. The molecule has 1 saturated heterocycles. The molecule has 1 fully saturated rings. The van der Waals surface area contributed by atoms with E-state index in [4.69, 9.17) is 4.74 Å². The summed E-state index contributed by atoms with van der Waals surface area (Å²) in [6.45, 7) is 0. The lowest BCUT2D eigenvalue weighted by molar-refractivity contribution is -0.115. The van der Waals surface area contributed by atoms with Gasteiger partial charge in [0.25, 0.3) is 0 Å². The summed E-state index contributed by atoms with van der Waals surface area (Å²) in [5.41, 5.74) is 2.36. The van der Waals surface area contributed by atoms with Crippen molar-refractivity contribution in [3.8, 4) is 11.5 Å². The van der Waals surface area contributed by atoms with Crippen molar-refractivity contribution in [2.45, 2.75) is 12.8 Å². The highest BCUT2D eigenvalue weighted by molar-refractivity contribution is 8.00. The Morgan fingerprint density at radius 1 is 1.29 bits per heavy atom. The number of hydrogen-bond donors (Lipinski definition) is 1. The quantitative estimate of drug-likeness (QED) is 0.901. The molecule has 2 aromatic carbocycles. The second kappa shape index (κ2) is 7.13. The average molecular weight is 347 g/mol. The number of aromatic hydroxyl groups is 1. The van der Waals surface area contributed by atoms with Crippen LogP contribution in [0.3, 0.4) is 0 Å². The predicted octanol–water partition coefficient (Wildman–Crippen LogP) is 3.36. The van der Waals surface area contributed by atoms with E-state index in [0.29, 0.717) is 30.2 Å². The number of thioether (sulfide) groups is 1. The predicted molar refractivity (Wildman–Crippen MR) is 93.3 cm³/mol. The monoisotopic (exact) mass is 347 g/mol. The van der Waals surface area contributed by atoms with E-state index in [1.54, 1.807) is 28.8 Å². The lowest BCUT2D eigenvalue weighted by atomic mass is 10.0. The van der Waals surface area contributed by atoms with Crippen molar-refractivity contribution < 1.29 is 19.0 Å². The number of ether oxygens (including phenoxy) is 1. The number of phenols is 1. The van der Waals surface area contributed by atoms with Crippen LogP contribution in [0, 0.1) is 5.82 Å². The molecule has 0 spiro atoms. The number of carbonyl (C=O) groups excluding carboxylic acids is 1. The van der Waals surface area contributed by atoms with Crippen LogP contribution in [0.1, 0.15) is 11.1 Å². The molecule has 0 aromatic heterocycles. The van der Waals surface area contributed by atoms with Gasteiger partial charge in [-0.05, 0) is 42.7 Å². The highest BCUT2D eigenvalue weighted by Crippen LogP contribution is 2.39. The van der Waals surface area contributed by atoms with Gasteiger partial charge >= 0.3 is 0 Å². The van der Waals surface area contributed by atoms with Crippen molar-refractivity contribution in [1.82, 2.24) is 0 Å². The van der Waals surface area contributed by atoms with Crippen LogP contribution in [0.5, 0.6) is 11.5 Å². The van der Waals surface area contributed by atoms with Crippen LogP contribution in [-0.4, -0.2) is 29.8 Å². The Hall–Kier alpha value is -2.21. The van der Waals surface area contributed by atoms with Gasteiger partial charge in [0, 0.05) is 5.56 Å². The molecule has 4 nitrogen and oxygen atoms in total. The molecule has 2 aromatic rings. The second-order valence-electron chi connectivity index (χ2n) is 5.54. The van der Waals surface area contributed by atoms with E-state index in [-0.39, 0.29) is 17.5 Å². The zero-order chi connectivity index (χ0) is 17.1. The number of aryl methyl sites for hydroxylation is 1. The summed E-state index contributed by atoms with van der Waals surface area (Å²) < 4.78 is 18.7. The molecule has 1 heterocycles. The van der Waals surface area contributed by atoms with Crippen molar-refractivity contribution in [3.63, 3.8) is 0 Å². The van der Waals surface area contributed by atoms with Crippen molar-refractivity contribution in [1.29, 1.82) is 0 Å². The summed E-state index contributed by atoms with van der Waals surface area (Å²) in [5.74, 6) is 1.21. The van der Waals surface area contributed by atoms with E-state index in [1.807, 2.05) is 6.07 Å². The van der Waals surface area contributed by atoms with Crippen LogP contribution in [-0.2, 0) is 17.6 Å². The largest absolute Gasteiger partial charge is 0.504 e. The number of benzene rings is 2. The summed E-state index contributed by atoms with van der Waals surface area (Å²) in [7, 11) is 1.49. The molecule has 1 amide bonds. The number of halogens is 1. The topological polar surface area (TPSA) is 49.8 Å². The molecule has 24 heavy (non-hydrogen) atoms. The molecule has 0 radical (unpaired) electrons. The molecule has 1 N–H and O–H groups in total. The lowest BCUT2D eigenvalue weighted by Gasteiger charge is -2.22. The van der Waals surface area contributed by atoms with Gasteiger partial charge < -0.3 is 14.7 Å². The molecule has 0 unspecified atom stereocenters. The Morgan fingerprint density at radius 3 is 2.79 bits per heavy atom. The average Bonchev–Trinajstić information content (AvgIpc) is 2.99. The van der Waals surface area contributed by atoms with Gasteiger partial charge in [-0.25, -0.2) is 4.39 Å². The fraction of sp³-hybridized carbons (Fsp3) is 0.278. The first-order valence-electron chi connectivity index (χ1n) is 7.61. The standard InChI is InChI=1S/C18H18FNO3S/c1-23-18-14(6-5-12-3-2-4-13(19)9-12)15(7-8-16(18)21)20-11-24-10-17(20)22/h2-4,7-9,21H,5-6,10-11H2,1H3. The Kier molecular flexibility index (Phi) is 4.94. The highest BCUT2D eigenvalue weighted by atomic mass is 32.2. The maximum atomic E-state index is 13.4. The van der Waals surface area contributed by atoms with E-state index in [1.165, 1.54) is 25.3 Å². The van der Waals surface area contributed by atoms with Crippen LogP contribution in [0.4, 0.5) is 10.1 Å². The van der Waals surface area contributed by atoms with E-state index in [2.05, 4.69) is 0 Å². The number of carbonyl (C=O) groups is 1. The van der Waals surface area contributed by atoms with Gasteiger partial charge in [0.15, 0.2) is 11.5 Å². The van der Waals surface area contributed by atoms with E-state index >= 15 is 0 Å². The summed E-state index contributed by atoms with van der Waals surface area (Å²) in [6, 6.07) is 9.70. The number of anilines is 1. The number of nitrogens with zero attached hydrogens (tertiary/aromatic N) is 1. The molecule has 0 saturated carbocycles. The van der Waals surface area contributed by atoms with Gasteiger partial charge in [0.05, 0.1) is 24.4 Å². The lowest BCUT2D eigenvalue weighted by Crippen LogP contribution is -2.26. The summed E-state index contributed by atoms with van der Waals surface area (Å²) in [6.07, 6.45) is 1.12. The minimum Gasteiger partial charge on any atom is -0.504 e. The van der Waals surface area contributed by atoms with Crippen molar-refractivity contribution >= 4 is 23.4 Å². The normalized spacial score (nSPS) is 14.2. The van der Waals surface area contributed by atoms with Crippen LogP contribution >= 0.6 is 11.8 Å². The smallest absolute Gasteiger partial charge is 0.237 e. The first kappa shape index (κ1) is 16.6. The van der Waals surface area contributed by atoms with Crippen LogP contribution in [0.25, 0.3) is 0 Å². The Balaban J connectivity index is 1.94. The third-order valence-corrected chi connectivity index (χ3v) is 4.90. The minimum atomic E-state index is -0.276. The van der Waals surface area contributed by atoms with Gasteiger partial charge in [0.1, 0.15) is 5.82 Å². The molecular formula is C18H18FNO3S. The zero-order valence-electron chi connectivity index (χ0n) is 13.3. The van der Waals surface area contributed by atoms with Gasteiger partial charge in [-0.2, -0.15) is 0 Å². The second-order valence-corrected chi connectivity index (χ2v) is 6.50. The van der Waals surface area contributed by atoms with Gasteiger partial charge in [0.2, 0.25) is 5.91 Å². The van der Waals surface area contributed by atoms with Crippen LogP contribution in [0.15, 0.2) is 36.4 Å². The third-order valence-electron chi connectivity index (χ3n) is 4.01. The number of amides is 1. The van der Waals surface area contributed by atoms with Gasteiger partial charge in [-0.3, -0.25) is 4.79 Å². The number of hydrogen-bond acceptors (Lipinski definition) is 4. The molecule has 0 aliphatic carbocycles. The molecular weight excluding hydrogens is 329 g/mol. The van der Waals surface area contributed by atoms with Crippen molar-refractivity contribution in [3.05, 3.63) is 53.3 Å². The van der Waals surface area contributed by atoms with E-state index in [0.717, 1.165) is 16.8 Å². The molecule has 0 atom stereocenters. The summed E-state index contributed by atoms with van der Waals surface area (Å²) in [5, 5.41) is 10.1. The summed E-state index contributed by atoms with van der Waals surface area (Å²) >= 11 is 1.55. The first-order valence-corrected chi connectivity index (χ1v) is 8.77. The van der Waals surface area contributed by atoms with Gasteiger partial charge in [-0.15, -0.1) is 11.8 Å². The maximum Gasteiger partial charge on any atom is 0.237 e. The number of phenolic OH excluding ortho intramolecular Hbond substituents is 1. The molecule has 126 valence electrons. The Bertz CT molecular complexity index is 766. The first-order chi connectivity index (χ1) is 11.6. The molecule has 0 bridgehead atoms. The number of methoxy groups -OCH3 is 1. The Labute approximate surface area is 144 Å². The van der Waals surface area contributed by atoms with Gasteiger partial charge in [-0.1, -0.05) is 12.1 Å². The SMILES string of the molecule is COc1c(O)ccc(N2CSCC2=O)c1CCc1cccc(F)c1. The molecule has 1 aliphatic rings. The number of rotatable bonds is 5. The minimum absolute atomic E-state index is 0.0368. The fourth-order valence-electron chi connectivity index (χ4n) is 2.87. The van der Waals surface area contributed by atoms with Crippen molar-refractivity contribution in [2.75, 3.05) is 23.6 Å². The fourth-order valence-corrected chi connectivity index (χ4v) is 3.75. The molecule has 3 rings (SSSR count). The van der Waals surface area contributed by atoms with E-state index < -0.39 is 0 Å².